The van der Waals surface area contributed by atoms with Crippen molar-refractivity contribution in [1.29, 1.82) is 0 Å². The molecule has 2 aromatic heterocycles. The molecule has 0 amide bonds. The number of hydrogen-bond acceptors (Lipinski definition) is 4. The van der Waals surface area contributed by atoms with Gasteiger partial charge in [-0.05, 0) is 55.8 Å². The normalized spacial score (nSPS) is 16.1. The molecule has 136 valence electrons. The third kappa shape index (κ3) is 3.37. The highest BCUT2D eigenvalue weighted by Gasteiger charge is 2.24. The Morgan fingerprint density at radius 2 is 2.00 bits per heavy atom. The molecule has 1 fully saturated rings. The average molecular weight is 351 g/mol. The van der Waals surface area contributed by atoms with Crippen LogP contribution in [0.25, 0.3) is 5.69 Å². The van der Waals surface area contributed by atoms with E-state index in [2.05, 4.69) is 38.7 Å². The van der Waals surface area contributed by atoms with Crippen LogP contribution < -0.4 is 4.74 Å². The van der Waals surface area contributed by atoms with Gasteiger partial charge in [0, 0.05) is 44.3 Å². The van der Waals surface area contributed by atoms with E-state index in [4.69, 9.17) is 4.74 Å². The van der Waals surface area contributed by atoms with Crippen molar-refractivity contribution < 1.29 is 4.74 Å². The molecule has 3 aromatic rings. The van der Waals surface area contributed by atoms with Gasteiger partial charge in [-0.2, -0.15) is 5.10 Å². The largest absolute Gasteiger partial charge is 0.497 e. The number of piperidine rings is 1. The fraction of sp³-hybridized carbons (Fsp3) is 0.400. The van der Waals surface area contributed by atoms with Gasteiger partial charge in [0.15, 0.2) is 0 Å². The van der Waals surface area contributed by atoms with Gasteiger partial charge in [-0.25, -0.2) is 9.67 Å². The van der Waals surface area contributed by atoms with E-state index in [-0.39, 0.29) is 0 Å². The molecule has 6 nitrogen and oxygen atoms in total. The van der Waals surface area contributed by atoms with Gasteiger partial charge in [0.2, 0.25) is 0 Å². The number of rotatable bonds is 5. The van der Waals surface area contributed by atoms with Gasteiger partial charge in [-0.1, -0.05) is 0 Å². The van der Waals surface area contributed by atoms with Crippen molar-refractivity contribution >= 4 is 0 Å². The zero-order chi connectivity index (χ0) is 17.9. The summed E-state index contributed by atoms with van der Waals surface area (Å²) in [7, 11) is 3.80. The number of ether oxygens (including phenoxy) is 1. The minimum absolute atomic E-state index is 0.558. The van der Waals surface area contributed by atoms with E-state index in [0.717, 1.165) is 43.9 Å². The summed E-state index contributed by atoms with van der Waals surface area (Å²) in [6.07, 6.45) is 10.0. The first-order valence-electron chi connectivity index (χ1n) is 9.11. The van der Waals surface area contributed by atoms with Crippen LogP contribution in [0.1, 0.15) is 30.1 Å². The monoisotopic (exact) mass is 351 g/mol. The van der Waals surface area contributed by atoms with Crippen LogP contribution in [0.4, 0.5) is 0 Å². The molecule has 6 heteroatoms. The highest BCUT2D eigenvalue weighted by atomic mass is 16.5. The molecule has 0 saturated carbocycles. The molecule has 0 N–H and O–H groups in total. The number of aryl methyl sites for hydroxylation is 1. The quantitative estimate of drug-likeness (QED) is 0.709. The van der Waals surface area contributed by atoms with Crippen molar-refractivity contribution in [2.45, 2.75) is 25.3 Å². The number of benzene rings is 1. The summed E-state index contributed by atoms with van der Waals surface area (Å²) < 4.78 is 9.51. The highest BCUT2D eigenvalue weighted by Crippen LogP contribution is 2.29. The Bertz CT molecular complexity index is 847. The van der Waals surface area contributed by atoms with Gasteiger partial charge in [0.25, 0.3) is 0 Å². The Morgan fingerprint density at radius 3 is 2.65 bits per heavy atom. The minimum atomic E-state index is 0.558. The predicted molar refractivity (Wildman–Crippen MR) is 101 cm³/mol. The van der Waals surface area contributed by atoms with Crippen molar-refractivity contribution in [1.82, 2.24) is 24.2 Å². The van der Waals surface area contributed by atoms with E-state index in [9.17, 15) is 0 Å². The highest BCUT2D eigenvalue weighted by molar-refractivity contribution is 5.45. The molecule has 26 heavy (non-hydrogen) atoms. The minimum Gasteiger partial charge on any atom is -0.497 e. The lowest BCUT2D eigenvalue weighted by Gasteiger charge is -2.32. The summed E-state index contributed by atoms with van der Waals surface area (Å²) in [6.45, 7) is 3.06. The van der Waals surface area contributed by atoms with Crippen LogP contribution in [0.2, 0.25) is 0 Å². The van der Waals surface area contributed by atoms with E-state index >= 15 is 0 Å². The summed E-state index contributed by atoms with van der Waals surface area (Å²) in [4.78, 5) is 7.05. The molecular weight excluding hydrogens is 326 g/mol. The van der Waals surface area contributed by atoms with Gasteiger partial charge < -0.3 is 9.30 Å². The second kappa shape index (κ2) is 7.33. The number of likely N-dealkylation sites (tertiary alicyclic amines) is 1. The smallest absolute Gasteiger partial charge is 0.119 e. The molecule has 0 atom stereocenters. The Hall–Kier alpha value is -2.60. The zero-order valence-corrected chi connectivity index (χ0v) is 15.4. The first-order valence-corrected chi connectivity index (χ1v) is 9.11. The van der Waals surface area contributed by atoms with Crippen molar-refractivity contribution in [3.8, 4) is 11.4 Å². The van der Waals surface area contributed by atoms with Crippen LogP contribution in [-0.2, 0) is 13.6 Å². The fourth-order valence-corrected chi connectivity index (χ4v) is 3.81. The Kier molecular flexibility index (Phi) is 4.75. The topological polar surface area (TPSA) is 48.1 Å². The zero-order valence-electron chi connectivity index (χ0n) is 15.4. The molecule has 1 aromatic carbocycles. The van der Waals surface area contributed by atoms with Crippen LogP contribution in [0, 0.1) is 0 Å². The summed E-state index contributed by atoms with van der Waals surface area (Å²) in [5.74, 6) is 2.66. The summed E-state index contributed by atoms with van der Waals surface area (Å²) in [6, 6.07) is 8.16. The second-order valence-corrected chi connectivity index (χ2v) is 6.89. The molecule has 1 aliphatic heterocycles. The summed E-state index contributed by atoms with van der Waals surface area (Å²) in [5, 5.41) is 4.40. The van der Waals surface area contributed by atoms with Crippen LogP contribution >= 0.6 is 0 Å². The summed E-state index contributed by atoms with van der Waals surface area (Å²) >= 11 is 0. The molecule has 3 heterocycles. The van der Waals surface area contributed by atoms with E-state index < -0.39 is 0 Å². The lowest BCUT2D eigenvalue weighted by molar-refractivity contribution is 0.200. The number of hydrogen-bond donors (Lipinski definition) is 0. The van der Waals surface area contributed by atoms with Crippen LogP contribution in [0.15, 0.2) is 49.1 Å². The number of imidazole rings is 1. The predicted octanol–water partition coefficient (Wildman–Crippen LogP) is 2.99. The lowest BCUT2D eigenvalue weighted by Crippen LogP contribution is -2.33. The first-order chi connectivity index (χ1) is 12.7. The van der Waals surface area contributed by atoms with Crippen molar-refractivity contribution in [3.63, 3.8) is 0 Å². The molecule has 0 unspecified atom stereocenters. The maximum absolute atomic E-state index is 5.44. The summed E-state index contributed by atoms with van der Waals surface area (Å²) in [5.41, 5.74) is 2.35. The maximum Gasteiger partial charge on any atom is 0.119 e. The van der Waals surface area contributed by atoms with Gasteiger partial charge in [0.05, 0.1) is 12.8 Å². The van der Waals surface area contributed by atoms with Crippen LogP contribution in [0.5, 0.6) is 5.75 Å². The van der Waals surface area contributed by atoms with Crippen molar-refractivity contribution in [3.05, 3.63) is 60.4 Å². The maximum atomic E-state index is 5.44. The van der Waals surface area contributed by atoms with Crippen molar-refractivity contribution in [2.75, 3.05) is 20.2 Å². The number of nitrogens with zero attached hydrogens (tertiary/aromatic N) is 5. The molecular formula is C20H25N5O. The Balaban J connectivity index is 1.48. The second-order valence-electron chi connectivity index (χ2n) is 6.89. The van der Waals surface area contributed by atoms with Gasteiger partial charge in [0.1, 0.15) is 11.6 Å². The standard InChI is InChI=1S/C20H25N5O/c1-23-13-9-21-20(23)16-6-11-24(12-7-16)15-17-14-18(26-2)4-5-19(17)25-10-3-8-22-25/h3-5,8-10,13-14,16H,6-7,11-12,15H2,1-2H3. The van der Waals surface area contributed by atoms with Gasteiger partial charge in [-0.15, -0.1) is 0 Å². The third-order valence-electron chi connectivity index (χ3n) is 5.24. The van der Waals surface area contributed by atoms with Crippen molar-refractivity contribution in [2.24, 2.45) is 7.05 Å². The molecule has 0 bridgehead atoms. The SMILES string of the molecule is COc1ccc(-n2cccn2)c(CN2CCC(c3nccn3C)CC2)c1. The third-order valence-corrected chi connectivity index (χ3v) is 5.24. The van der Waals surface area contributed by atoms with E-state index in [1.807, 2.05) is 41.6 Å². The van der Waals surface area contributed by atoms with Crippen LogP contribution in [0.3, 0.4) is 0 Å². The molecule has 4 rings (SSSR count). The van der Waals surface area contributed by atoms with Gasteiger partial charge in [-0.3, -0.25) is 4.90 Å². The van der Waals surface area contributed by atoms with E-state index in [1.165, 1.54) is 11.4 Å². The first kappa shape index (κ1) is 16.8. The Labute approximate surface area is 154 Å². The molecule has 0 spiro atoms. The van der Waals surface area contributed by atoms with E-state index in [0.29, 0.717) is 5.92 Å². The lowest BCUT2D eigenvalue weighted by atomic mass is 9.95. The fourth-order valence-electron chi connectivity index (χ4n) is 3.81. The van der Waals surface area contributed by atoms with Crippen LogP contribution in [-0.4, -0.2) is 44.4 Å². The Morgan fingerprint density at radius 1 is 1.15 bits per heavy atom. The van der Waals surface area contributed by atoms with E-state index in [1.54, 1.807) is 7.11 Å². The molecule has 0 aliphatic carbocycles. The molecule has 0 radical (unpaired) electrons. The van der Waals surface area contributed by atoms with Gasteiger partial charge >= 0.3 is 0 Å². The molecule has 1 saturated heterocycles. The average Bonchev–Trinajstić information content (AvgIpc) is 3.34. The molecule has 1 aliphatic rings. The number of methoxy groups -OCH3 is 1. The number of aromatic nitrogens is 4.